The van der Waals surface area contributed by atoms with Crippen LogP contribution in [-0.4, -0.2) is 38.0 Å². The second-order valence-electron chi connectivity index (χ2n) is 5.01. The van der Waals surface area contributed by atoms with Gasteiger partial charge in [0.05, 0.1) is 12.7 Å². The lowest BCUT2D eigenvalue weighted by Crippen LogP contribution is -2.30. The highest BCUT2D eigenvalue weighted by atomic mass is 16.5. The molecule has 0 heterocycles. The van der Waals surface area contributed by atoms with E-state index in [0.717, 1.165) is 13.0 Å². The summed E-state index contributed by atoms with van der Waals surface area (Å²) in [5.74, 6) is 0. The van der Waals surface area contributed by atoms with Crippen LogP contribution in [0.2, 0.25) is 0 Å². The lowest BCUT2D eigenvalue weighted by atomic mass is 10.0. The summed E-state index contributed by atoms with van der Waals surface area (Å²) in [5, 5.41) is 13.1. The molecule has 3 nitrogen and oxygen atoms in total. The summed E-state index contributed by atoms with van der Waals surface area (Å²) in [6.45, 7) is 2.10. The molecule has 0 aliphatic heterocycles. The van der Waals surface area contributed by atoms with Gasteiger partial charge in [0.2, 0.25) is 0 Å². The normalized spacial score (nSPS) is 15.7. The summed E-state index contributed by atoms with van der Waals surface area (Å²) in [5.41, 5.74) is 4.22. The maximum absolute atomic E-state index is 9.95. The minimum atomic E-state index is -0.318. The van der Waals surface area contributed by atoms with Gasteiger partial charge in [-0.3, -0.25) is 0 Å². The van der Waals surface area contributed by atoms with Crippen LogP contribution in [0, 0.1) is 0 Å². The van der Waals surface area contributed by atoms with Crippen LogP contribution < -0.4 is 5.32 Å². The molecule has 1 atom stereocenters. The monoisotopic (exact) mass is 249 g/mol. The average molecular weight is 249 g/mol. The zero-order valence-corrected chi connectivity index (χ0v) is 11.1. The maximum atomic E-state index is 9.95. The van der Waals surface area contributed by atoms with Crippen molar-refractivity contribution in [1.82, 2.24) is 5.32 Å². The number of hydrogen-bond acceptors (Lipinski definition) is 3. The highest BCUT2D eigenvalue weighted by Crippen LogP contribution is 2.23. The predicted octanol–water partition coefficient (Wildman–Crippen LogP) is 1.31. The van der Waals surface area contributed by atoms with Gasteiger partial charge in [-0.15, -0.1) is 0 Å². The highest BCUT2D eigenvalue weighted by Gasteiger charge is 2.12. The van der Waals surface area contributed by atoms with E-state index in [1.165, 1.54) is 36.0 Å². The molecule has 0 amide bonds. The third-order valence-electron chi connectivity index (χ3n) is 3.50. The van der Waals surface area contributed by atoms with Crippen molar-refractivity contribution in [2.24, 2.45) is 0 Å². The van der Waals surface area contributed by atoms with Crippen molar-refractivity contribution >= 4 is 0 Å². The van der Waals surface area contributed by atoms with Crippen LogP contribution in [-0.2, 0) is 24.0 Å². The number of rotatable bonds is 7. The van der Waals surface area contributed by atoms with Crippen LogP contribution in [0.15, 0.2) is 18.2 Å². The van der Waals surface area contributed by atoms with Crippen molar-refractivity contribution < 1.29 is 9.84 Å². The molecule has 0 spiro atoms. The predicted molar refractivity (Wildman–Crippen MR) is 72.9 cm³/mol. The van der Waals surface area contributed by atoms with E-state index in [4.69, 9.17) is 4.74 Å². The summed E-state index contributed by atoms with van der Waals surface area (Å²) in [6, 6.07) is 6.64. The quantitative estimate of drug-likeness (QED) is 0.716. The molecule has 3 heteroatoms. The van der Waals surface area contributed by atoms with Crippen LogP contribution in [0.5, 0.6) is 0 Å². The molecule has 1 aromatic rings. The fraction of sp³-hybridized carbons (Fsp3) is 0.600. The number of fused-ring (bicyclic) bond motifs is 1. The molecule has 100 valence electrons. The first-order valence-corrected chi connectivity index (χ1v) is 6.78. The van der Waals surface area contributed by atoms with Gasteiger partial charge in [0.1, 0.15) is 0 Å². The lowest BCUT2D eigenvalue weighted by molar-refractivity contribution is 0.160. The zero-order valence-electron chi connectivity index (χ0n) is 11.1. The molecule has 0 radical (unpaired) electrons. The summed E-state index contributed by atoms with van der Waals surface area (Å²) >= 11 is 0. The van der Waals surface area contributed by atoms with E-state index in [9.17, 15) is 5.11 Å². The lowest BCUT2D eigenvalue weighted by Gasteiger charge is -2.12. The first-order chi connectivity index (χ1) is 8.79. The van der Waals surface area contributed by atoms with Crippen molar-refractivity contribution in [2.45, 2.75) is 31.8 Å². The fourth-order valence-corrected chi connectivity index (χ4v) is 2.54. The van der Waals surface area contributed by atoms with Gasteiger partial charge in [0.15, 0.2) is 0 Å². The number of aliphatic hydroxyl groups excluding tert-OH is 1. The van der Waals surface area contributed by atoms with Gasteiger partial charge in [0.25, 0.3) is 0 Å². The number of methoxy groups -OCH3 is 1. The molecule has 2 N–H and O–H groups in total. The number of aliphatic hydroxyl groups is 1. The molecule has 1 unspecified atom stereocenters. The number of aryl methyl sites for hydroxylation is 2. The number of ether oxygens (including phenoxy) is 1. The molecular weight excluding hydrogens is 226 g/mol. The minimum Gasteiger partial charge on any atom is -0.391 e. The Bertz CT molecular complexity index is 379. The van der Waals surface area contributed by atoms with Gasteiger partial charge in [0, 0.05) is 20.2 Å². The smallest absolute Gasteiger partial charge is 0.0704 e. The molecular formula is C15H23NO2. The summed E-state index contributed by atoms with van der Waals surface area (Å²) in [4.78, 5) is 0. The van der Waals surface area contributed by atoms with Crippen LogP contribution in [0.25, 0.3) is 0 Å². The second kappa shape index (κ2) is 6.88. The van der Waals surface area contributed by atoms with E-state index >= 15 is 0 Å². The molecule has 0 aromatic heterocycles. The van der Waals surface area contributed by atoms with Gasteiger partial charge >= 0.3 is 0 Å². The second-order valence-corrected chi connectivity index (χ2v) is 5.01. The Labute approximate surface area is 109 Å². The largest absolute Gasteiger partial charge is 0.391 e. The molecule has 1 aliphatic carbocycles. The molecule has 2 rings (SSSR count). The molecule has 18 heavy (non-hydrogen) atoms. The van der Waals surface area contributed by atoms with E-state index in [2.05, 4.69) is 23.5 Å². The third kappa shape index (κ3) is 3.80. The zero-order chi connectivity index (χ0) is 12.8. The van der Waals surface area contributed by atoms with Crippen molar-refractivity contribution in [3.8, 4) is 0 Å². The number of benzene rings is 1. The number of nitrogens with one attached hydrogen (secondary N) is 1. The SMILES string of the molecule is COCCNCC(O)Cc1ccc2c(c1)CCC2. The Morgan fingerprint density at radius 3 is 3.00 bits per heavy atom. The fourth-order valence-electron chi connectivity index (χ4n) is 2.54. The van der Waals surface area contributed by atoms with Crippen molar-refractivity contribution in [1.29, 1.82) is 0 Å². The van der Waals surface area contributed by atoms with Crippen LogP contribution in [0.3, 0.4) is 0 Å². The van der Waals surface area contributed by atoms with Crippen LogP contribution >= 0.6 is 0 Å². The van der Waals surface area contributed by atoms with E-state index in [-0.39, 0.29) is 6.10 Å². The van der Waals surface area contributed by atoms with Gasteiger partial charge in [-0.25, -0.2) is 0 Å². The minimum absolute atomic E-state index is 0.318. The van der Waals surface area contributed by atoms with Crippen molar-refractivity contribution in [3.05, 3.63) is 34.9 Å². The highest BCUT2D eigenvalue weighted by molar-refractivity contribution is 5.35. The topological polar surface area (TPSA) is 41.5 Å². The van der Waals surface area contributed by atoms with E-state index in [0.29, 0.717) is 13.2 Å². The first kappa shape index (κ1) is 13.5. The summed E-state index contributed by atoms with van der Waals surface area (Å²) < 4.78 is 4.95. The van der Waals surface area contributed by atoms with Crippen molar-refractivity contribution in [2.75, 3.05) is 26.8 Å². The van der Waals surface area contributed by atoms with E-state index < -0.39 is 0 Å². The average Bonchev–Trinajstić information content (AvgIpc) is 2.82. The van der Waals surface area contributed by atoms with Gasteiger partial charge in [-0.05, 0) is 42.4 Å². The first-order valence-electron chi connectivity index (χ1n) is 6.78. The molecule has 0 bridgehead atoms. The Kier molecular flexibility index (Phi) is 5.17. The maximum Gasteiger partial charge on any atom is 0.0704 e. The molecule has 0 fully saturated rings. The van der Waals surface area contributed by atoms with E-state index in [1.807, 2.05) is 0 Å². The third-order valence-corrected chi connectivity index (χ3v) is 3.50. The Morgan fingerprint density at radius 2 is 2.17 bits per heavy atom. The molecule has 1 aliphatic rings. The Hall–Kier alpha value is -0.900. The Balaban J connectivity index is 1.78. The number of hydrogen-bond donors (Lipinski definition) is 2. The summed E-state index contributed by atoms with van der Waals surface area (Å²) in [7, 11) is 1.68. The van der Waals surface area contributed by atoms with Crippen LogP contribution in [0.4, 0.5) is 0 Å². The standard InChI is InChI=1S/C15H23NO2/c1-18-8-7-16-11-15(17)10-12-5-6-13-3-2-4-14(13)9-12/h5-6,9,15-17H,2-4,7-8,10-11H2,1H3. The molecule has 1 aromatic carbocycles. The van der Waals surface area contributed by atoms with Gasteiger partial charge in [-0.1, -0.05) is 18.2 Å². The molecule has 0 saturated carbocycles. The van der Waals surface area contributed by atoms with E-state index in [1.54, 1.807) is 7.11 Å². The van der Waals surface area contributed by atoms with Gasteiger partial charge < -0.3 is 15.2 Å². The molecule has 0 saturated heterocycles. The Morgan fingerprint density at radius 1 is 1.33 bits per heavy atom. The van der Waals surface area contributed by atoms with Gasteiger partial charge in [-0.2, -0.15) is 0 Å². The van der Waals surface area contributed by atoms with Crippen molar-refractivity contribution in [3.63, 3.8) is 0 Å². The summed E-state index contributed by atoms with van der Waals surface area (Å²) in [6.07, 6.45) is 4.11. The van der Waals surface area contributed by atoms with Crippen LogP contribution in [0.1, 0.15) is 23.1 Å².